The fourth-order valence-electron chi connectivity index (χ4n) is 3.61. The zero-order chi connectivity index (χ0) is 18.9. The molecule has 5 nitrogen and oxygen atoms in total. The molecule has 138 valence electrons. The Bertz CT molecular complexity index is 1140. The lowest BCUT2D eigenvalue weighted by molar-refractivity contribution is 0.0962. The Hall–Kier alpha value is -2.99. The van der Waals surface area contributed by atoms with Crippen molar-refractivity contribution in [2.75, 3.05) is 0 Å². The maximum Gasteiger partial charge on any atom is 0.253 e. The molecule has 0 spiro atoms. The van der Waals surface area contributed by atoms with Crippen LogP contribution in [0.15, 0.2) is 72.0 Å². The van der Waals surface area contributed by atoms with Gasteiger partial charge in [-0.3, -0.25) is 4.79 Å². The molecule has 1 aliphatic rings. The highest BCUT2D eigenvalue weighted by Gasteiger charge is 2.28. The van der Waals surface area contributed by atoms with Gasteiger partial charge in [-0.05, 0) is 23.5 Å². The fourth-order valence-corrected chi connectivity index (χ4v) is 4.39. The molecule has 28 heavy (non-hydrogen) atoms. The van der Waals surface area contributed by atoms with Crippen LogP contribution < -0.4 is 0 Å². The van der Waals surface area contributed by atoms with Crippen molar-refractivity contribution in [1.82, 2.24) is 19.6 Å². The first kappa shape index (κ1) is 17.1. The Labute approximate surface area is 166 Å². The Kier molecular flexibility index (Phi) is 4.41. The van der Waals surface area contributed by atoms with E-state index in [4.69, 9.17) is 0 Å². The largest absolute Gasteiger partial charge is 0.294 e. The third-order valence-corrected chi connectivity index (χ3v) is 5.95. The lowest BCUT2D eigenvalue weighted by Gasteiger charge is -2.22. The van der Waals surface area contributed by atoms with Crippen LogP contribution in [0.5, 0.6) is 0 Å². The molecule has 0 bridgehead atoms. The van der Waals surface area contributed by atoms with Crippen molar-refractivity contribution in [3.05, 3.63) is 89.2 Å². The zero-order valence-corrected chi connectivity index (χ0v) is 16.0. The van der Waals surface area contributed by atoms with Crippen LogP contribution in [0, 0.1) is 0 Å². The Morgan fingerprint density at radius 3 is 2.50 bits per heavy atom. The molecule has 0 amide bonds. The SMILES string of the molecule is O=C1CC(c2ccccc2)Cc2nc3nc(SCc4ccccc4)nn3cc21. The van der Waals surface area contributed by atoms with Gasteiger partial charge in [-0.25, -0.2) is 9.50 Å². The van der Waals surface area contributed by atoms with Crippen molar-refractivity contribution < 1.29 is 4.79 Å². The van der Waals surface area contributed by atoms with Gasteiger partial charge in [-0.15, -0.1) is 5.10 Å². The number of carbonyl (C=O) groups excluding carboxylic acids is 1. The van der Waals surface area contributed by atoms with Crippen LogP contribution in [-0.4, -0.2) is 25.4 Å². The van der Waals surface area contributed by atoms with Crippen LogP contribution in [0.25, 0.3) is 5.78 Å². The van der Waals surface area contributed by atoms with Crippen molar-refractivity contribution in [3.63, 3.8) is 0 Å². The van der Waals surface area contributed by atoms with Gasteiger partial charge in [0.25, 0.3) is 5.78 Å². The molecule has 2 aromatic heterocycles. The molecule has 0 aliphatic heterocycles. The maximum atomic E-state index is 12.7. The first-order valence-corrected chi connectivity index (χ1v) is 10.3. The summed E-state index contributed by atoms with van der Waals surface area (Å²) in [5.74, 6) is 1.65. The number of benzene rings is 2. The maximum absolute atomic E-state index is 12.7. The van der Waals surface area contributed by atoms with Gasteiger partial charge in [0.1, 0.15) is 0 Å². The summed E-state index contributed by atoms with van der Waals surface area (Å²) in [5, 5.41) is 5.17. The van der Waals surface area contributed by atoms with Crippen LogP contribution in [-0.2, 0) is 12.2 Å². The van der Waals surface area contributed by atoms with E-state index in [-0.39, 0.29) is 11.7 Å². The van der Waals surface area contributed by atoms with E-state index in [1.807, 2.05) is 36.4 Å². The number of hydrogen-bond acceptors (Lipinski definition) is 5. The molecule has 2 aromatic carbocycles. The van der Waals surface area contributed by atoms with Gasteiger partial charge in [0.15, 0.2) is 5.78 Å². The van der Waals surface area contributed by atoms with Crippen LogP contribution in [0.4, 0.5) is 0 Å². The van der Waals surface area contributed by atoms with Crippen molar-refractivity contribution >= 4 is 23.3 Å². The fraction of sp³-hybridized carbons (Fsp3) is 0.182. The molecule has 0 fully saturated rings. The van der Waals surface area contributed by atoms with E-state index in [0.29, 0.717) is 22.9 Å². The number of carbonyl (C=O) groups is 1. The lowest BCUT2D eigenvalue weighted by Crippen LogP contribution is -2.21. The molecule has 5 rings (SSSR count). The van der Waals surface area contributed by atoms with Crippen molar-refractivity contribution in [2.24, 2.45) is 0 Å². The summed E-state index contributed by atoms with van der Waals surface area (Å²) < 4.78 is 1.63. The summed E-state index contributed by atoms with van der Waals surface area (Å²) in [6.45, 7) is 0. The molecule has 4 aromatic rings. The van der Waals surface area contributed by atoms with Crippen LogP contribution in [0.2, 0.25) is 0 Å². The smallest absolute Gasteiger partial charge is 0.253 e. The van der Waals surface area contributed by atoms with Crippen molar-refractivity contribution in [2.45, 2.75) is 29.7 Å². The first-order chi connectivity index (χ1) is 13.8. The van der Waals surface area contributed by atoms with Gasteiger partial charge in [0.05, 0.1) is 11.3 Å². The number of rotatable bonds is 4. The summed E-state index contributed by atoms with van der Waals surface area (Å²) in [7, 11) is 0. The molecule has 1 aliphatic carbocycles. The van der Waals surface area contributed by atoms with E-state index in [2.05, 4.69) is 39.3 Å². The second kappa shape index (κ2) is 7.20. The minimum absolute atomic E-state index is 0.124. The quantitative estimate of drug-likeness (QED) is 0.489. The molecule has 6 heteroatoms. The molecule has 0 saturated heterocycles. The van der Waals surface area contributed by atoms with E-state index in [1.54, 1.807) is 22.5 Å². The van der Waals surface area contributed by atoms with Crippen molar-refractivity contribution in [1.29, 1.82) is 0 Å². The number of Topliss-reactive ketones (excluding diaryl/α,β-unsaturated/α-hetero) is 1. The zero-order valence-electron chi connectivity index (χ0n) is 15.2. The Morgan fingerprint density at radius 2 is 1.71 bits per heavy atom. The topological polar surface area (TPSA) is 60.2 Å². The average Bonchev–Trinajstić information content (AvgIpc) is 3.14. The van der Waals surface area contributed by atoms with Crippen molar-refractivity contribution in [3.8, 4) is 0 Å². The number of aromatic nitrogens is 4. The Balaban J connectivity index is 1.42. The third kappa shape index (κ3) is 3.31. The standard InChI is InChI=1S/C22H18N4OS/c27-20-12-17(16-9-5-2-6-10-16)11-19-18(20)13-26-21(23-19)24-22(25-26)28-14-15-7-3-1-4-8-15/h1-10,13,17H,11-12,14H2. The molecular weight excluding hydrogens is 368 g/mol. The highest BCUT2D eigenvalue weighted by atomic mass is 32.2. The third-order valence-electron chi connectivity index (χ3n) is 5.04. The highest BCUT2D eigenvalue weighted by molar-refractivity contribution is 7.98. The number of ketones is 1. The van der Waals surface area contributed by atoms with E-state index >= 15 is 0 Å². The molecule has 1 atom stereocenters. The monoisotopic (exact) mass is 386 g/mol. The minimum Gasteiger partial charge on any atom is -0.294 e. The molecule has 0 saturated carbocycles. The molecular formula is C22H18N4OS. The molecule has 2 heterocycles. The second-order valence-corrected chi connectivity index (χ2v) is 7.90. The van der Waals surface area contributed by atoms with Crippen LogP contribution in [0.3, 0.4) is 0 Å². The van der Waals surface area contributed by atoms with Gasteiger partial charge >= 0.3 is 0 Å². The summed E-state index contributed by atoms with van der Waals surface area (Å²) >= 11 is 1.57. The lowest BCUT2D eigenvalue weighted by atomic mass is 9.82. The van der Waals surface area contributed by atoms with Gasteiger partial charge in [0, 0.05) is 18.4 Å². The van der Waals surface area contributed by atoms with Gasteiger partial charge in [0.2, 0.25) is 5.16 Å². The van der Waals surface area contributed by atoms with E-state index in [1.165, 1.54) is 11.1 Å². The number of nitrogens with zero attached hydrogens (tertiary/aromatic N) is 4. The molecule has 0 N–H and O–H groups in total. The van der Waals surface area contributed by atoms with Gasteiger partial charge in [-0.2, -0.15) is 4.98 Å². The number of hydrogen-bond donors (Lipinski definition) is 0. The number of thioether (sulfide) groups is 1. The summed E-state index contributed by atoms with van der Waals surface area (Å²) in [6, 6.07) is 20.4. The highest BCUT2D eigenvalue weighted by Crippen LogP contribution is 2.32. The summed E-state index contributed by atoms with van der Waals surface area (Å²) in [4.78, 5) is 21.9. The van der Waals surface area contributed by atoms with E-state index in [0.717, 1.165) is 17.9 Å². The number of fused-ring (bicyclic) bond motifs is 2. The second-order valence-electron chi connectivity index (χ2n) is 6.95. The van der Waals surface area contributed by atoms with E-state index < -0.39 is 0 Å². The molecule has 0 radical (unpaired) electrons. The predicted molar refractivity (Wildman–Crippen MR) is 109 cm³/mol. The molecule has 1 unspecified atom stereocenters. The summed E-state index contributed by atoms with van der Waals surface area (Å²) in [6.07, 6.45) is 3.05. The Morgan fingerprint density at radius 1 is 0.964 bits per heavy atom. The summed E-state index contributed by atoms with van der Waals surface area (Å²) in [5.41, 5.74) is 3.90. The predicted octanol–water partition coefficient (Wildman–Crippen LogP) is 4.33. The van der Waals surface area contributed by atoms with E-state index in [9.17, 15) is 4.79 Å². The van der Waals surface area contributed by atoms with Gasteiger partial charge < -0.3 is 0 Å². The van der Waals surface area contributed by atoms with Gasteiger partial charge in [-0.1, -0.05) is 72.4 Å². The first-order valence-electron chi connectivity index (χ1n) is 9.27. The van der Waals surface area contributed by atoms with Crippen LogP contribution in [0.1, 0.15) is 39.5 Å². The minimum atomic E-state index is 0.124. The average molecular weight is 386 g/mol. The normalized spacial score (nSPS) is 16.3. The van der Waals surface area contributed by atoms with Crippen LogP contribution >= 0.6 is 11.8 Å².